The maximum absolute atomic E-state index is 10.4. The zero-order valence-electron chi connectivity index (χ0n) is 17.2. The van der Waals surface area contributed by atoms with Crippen LogP contribution in [0.2, 0.25) is 0 Å². The summed E-state index contributed by atoms with van der Waals surface area (Å²) in [6, 6.07) is 6.23. The highest BCUT2D eigenvalue weighted by Crippen LogP contribution is 2.52. The van der Waals surface area contributed by atoms with E-state index in [9.17, 15) is 5.11 Å². The minimum Gasteiger partial charge on any atom is -0.493 e. The SMILES string of the molecule is CN(C)CCC1=C[SH](CN(C)CCc2csc3cccnc23)c2ccnc(O)c21. The number of likely N-dealkylation sites (N-methyl/N-ethyl adjacent to an activating group) is 1. The van der Waals surface area contributed by atoms with E-state index in [1.807, 2.05) is 12.3 Å². The first-order valence-electron chi connectivity index (χ1n) is 9.83. The van der Waals surface area contributed by atoms with Gasteiger partial charge in [0.05, 0.1) is 15.8 Å². The van der Waals surface area contributed by atoms with Gasteiger partial charge in [-0.3, -0.25) is 9.88 Å². The normalized spacial score (nSPS) is 17.3. The molecule has 0 fully saturated rings. The number of aromatic hydroxyl groups is 1. The molecule has 0 amide bonds. The van der Waals surface area contributed by atoms with E-state index in [0.29, 0.717) is 0 Å². The minimum atomic E-state index is -0.458. The summed E-state index contributed by atoms with van der Waals surface area (Å²) in [7, 11) is 5.90. The molecule has 4 rings (SSSR count). The van der Waals surface area contributed by atoms with Crippen LogP contribution in [0.25, 0.3) is 15.8 Å². The van der Waals surface area contributed by atoms with Crippen molar-refractivity contribution in [3.05, 3.63) is 52.5 Å². The van der Waals surface area contributed by atoms with Crippen molar-refractivity contribution in [2.75, 3.05) is 40.1 Å². The first-order valence-corrected chi connectivity index (χ1v) is 12.3. The largest absolute Gasteiger partial charge is 0.493 e. The molecule has 29 heavy (non-hydrogen) atoms. The number of thiol groups is 1. The highest BCUT2D eigenvalue weighted by Gasteiger charge is 2.25. The van der Waals surface area contributed by atoms with E-state index in [1.54, 1.807) is 17.5 Å². The molecule has 154 valence electrons. The Hall–Kier alpha value is -1.93. The van der Waals surface area contributed by atoms with Gasteiger partial charge in [-0.25, -0.2) is 4.98 Å². The predicted octanol–water partition coefficient (Wildman–Crippen LogP) is 4.20. The lowest BCUT2D eigenvalue weighted by Crippen LogP contribution is -2.22. The van der Waals surface area contributed by atoms with Gasteiger partial charge in [-0.15, -0.1) is 11.3 Å². The first kappa shape index (κ1) is 20.3. The number of thiophene rings is 1. The van der Waals surface area contributed by atoms with Gasteiger partial charge in [0.15, 0.2) is 0 Å². The standard InChI is InChI=1S/C22H28N4OS2/c1-25(2)11-7-17-14-29(19-6-10-24-22(27)20(17)19)15-26(3)12-8-16-13-28-18-5-4-9-23-21(16)18/h4-6,9-10,13-14,29H,7-8,11-12,15H2,1-3H3,(H,24,27). The van der Waals surface area contributed by atoms with Gasteiger partial charge in [0.25, 0.3) is 0 Å². The zero-order valence-corrected chi connectivity index (χ0v) is 18.9. The minimum absolute atomic E-state index is 0.177. The summed E-state index contributed by atoms with van der Waals surface area (Å²) in [6.45, 7) is 1.96. The first-order chi connectivity index (χ1) is 14.0. The summed E-state index contributed by atoms with van der Waals surface area (Å²) in [5.41, 5.74) is 4.69. The number of hydrogen-bond donors (Lipinski definition) is 2. The quantitative estimate of drug-likeness (QED) is 0.527. The lowest BCUT2D eigenvalue weighted by molar-refractivity contribution is 0.397. The van der Waals surface area contributed by atoms with E-state index in [2.05, 4.69) is 63.8 Å². The number of hydrogen-bond acceptors (Lipinski definition) is 6. The van der Waals surface area contributed by atoms with Crippen LogP contribution in [0.15, 0.2) is 46.3 Å². The molecular weight excluding hydrogens is 400 g/mol. The van der Waals surface area contributed by atoms with Crippen LogP contribution in [0, 0.1) is 0 Å². The van der Waals surface area contributed by atoms with Crippen molar-refractivity contribution in [1.82, 2.24) is 19.8 Å². The fourth-order valence-electron chi connectivity index (χ4n) is 3.70. The molecule has 0 radical (unpaired) electrons. The number of aromatic nitrogens is 2. The van der Waals surface area contributed by atoms with E-state index >= 15 is 0 Å². The summed E-state index contributed by atoms with van der Waals surface area (Å²) in [4.78, 5) is 14.5. The van der Waals surface area contributed by atoms with Crippen LogP contribution in [0.5, 0.6) is 5.88 Å². The highest BCUT2D eigenvalue weighted by atomic mass is 32.2. The fraction of sp³-hybridized carbons (Fsp3) is 0.364. The molecule has 0 bridgehead atoms. The van der Waals surface area contributed by atoms with Gasteiger partial charge in [0.2, 0.25) is 5.88 Å². The van der Waals surface area contributed by atoms with Crippen LogP contribution in [-0.4, -0.2) is 65.0 Å². The van der Waals surface area contributed by atoms with Crippen LogP contribution < -0.4 is 0 Å². The highest BCUT2D eigenvalue weighted by molar-refractivity contribution is 8.20. The van der Waals surface area contributed by atoms with Crippen molar-refractivity contribution in [3.63, 3.8) is 0 Å². The average molecular weight is 429 g/mol. The molecule has 3 aromatic rings. The molecule has 0 spiro atoms. The van der Waals surface area contributed by atoms with E-state index in [0.717, 1.165) is 42.9 Å². The van der Waals surface area contributed by atoms with Crippen LogP contribution in [-0.2, 0) is 6.42 Å². The third-order valence-corrected chi connectivity index (χ3v) is 8.63. The van der Waals surface area contributed by atoms with Gasteiger partial charge >= 0.3 is 0 Å². The van der Waals surface area contributed by atoms with Gasteiger partial charge in [-0.2, -0.15) is 10.9 Å². The van der Waals surface area contributed by atoms with Gasteiger partial charge in [0, 0.05) is 36.3 Å². The molecule has 0 saturated carbocycles. The van der Waals surface area contributed by atoms with Gasteiger partial charge in [-0.05, 0) is 74.1 Å². The zero-order chi connectivity index (χ0) is 20.4. The van der Waals surface area contributed by atoms with E-state index in [4.69, 9.17) is 0 Å². The number of nitrogens with zero attached hydrogens (tertiary/aromatic N) is 4. The topological polar surface area (TPSA) is 52.5 Å². The van der Waals surface area contributed by atoms with E-state index < -0.39 is 10.9 Å². The lowest BCUT2D eigenvalue weighted by atomic mass is 10.1. The Morgan fingerprint density at radius 1 is 1.07 bits per heavy atom. The number of fused-ring (bicyclic) bond motifs is 2. The molecule has 1 aliphatic rings. The van der Waals surface area contributed by atoms with Crippen LogP contribution in [0.3, 0.4) is 0 Å². The molecule has 0 saturated heterocycles. The number of pyridine rings is 2. The van der Waals surface area contributed by atoms with Crippen LogP contribution in [0.4, 0.5) is 0 Å². The molecule has 1 N–H and O–H groups in total. The maximum Gasteiger partial charge on any atom is 0.219 e. The molecule has 0 aromatic carbocycles. The van der Waals surface area contributed by atoms with E-state index in [1.165, 1.54) is 20.7 Å². The molecule has 1 unspecified atom stereocenters. The Morgan fingerprint density at radius 2 is 1.93 bits per heavy atom. The lowest BCUT2D eigenvalue weighted by Gasteiger charge is -2.23. The monoisotopic (exact) mass is 428 g/mol. The molecule has 0 aliphatic carbocycles. The Morgan fingerprint density at radius 3 is 2.76 bits per heavy atom. The smallest absolute Gasteiger partial charge is 0.219 e. The summed E-state index contributed by atoms with van der Waals surface area (Å²) in [5.74, 6) is 1.17. The molecule has 1 atom stereocenters. The van der Waals surface area contributed by atoms with Crippen LogP contribution in [0.1, 0.15) is 17.5 Å². The second kappa shape index (κ2) is 8.83. The van der Waals surface area contributed by atoms with Gasteiger partial charge in [-0.1, -0.05) is 0 Å². The predicted molar refractivity (Wildman–Crippen MR) is 125 cm³/mol. The van der Waals surface area contributed by atoms with Gasteiger partial charge in [0.1, 0.15) is 0 Å². The van der Waals surface area contributed by atoms with Crippen molar-refractivity contribution in [1.29, 1.82) is 0 Å². The molecule has 3 aromatic heterocycles. The third kappa shape index (κ3) is 4.48. The third-order valence-electron chi connectivity index (χ3n) is 5.24. The molecule has 7 heteroatoms. The summed E-state index contributed by atoms with van der Waals surface area (Å²) in [6.07, 6.45) is 5.55. The Kier molecular flexibility index (Phi) is 6.20. The maximum atomic E-state index is 10.4. The van der Waals surface area contributed by atoms with Crippen molar-refractivity contribution >= 4 is 38.0 Å². The Bertz CT molecular complexity index is 1030. The summed E-state index contributed by atoms with van der Waals surface area (Å²) >= 11 is 1.77. The van der Waals surface area contributed by atoms with Gasteiger partial charge < -0.3 is 10.0 Å². The second-order valence-corrected chi connectivity index (χ2v) is 10.7. The van der Waals surface area contributed by atoms with Crippen molar-refractivity contribution in [2.45, 2.75) is 17.7 Å². The van der Waals surface area contributed by atoms with E-state index in [-0.39, 0.29) is 5.88 Å². The summed E-state index contributed by atoms with van der Waals surface area (Å²) in [5, 5.41) is 15.0. The second-order valence-electron chi connectivity index (χ2n) is 7.79. The summed E-state index contributed by atoms with van der Waals surface area (Å²) < 4.78 is 1.26. The molecule has 5 nitrogen and oxygen atoms in total. The van der Waals surface area contributed by atoms with Crippen molar-refractivity contribution in [3.8, 4) is 5.88 Å². The molecule has 1 aliphatic heterocycles. The van der Waals surface area contributed by atoms with Crippen molar-refractivity contribution in [2.24, 2.45) is 0 Å². The average Bonchev–Trinajstić information content (AvgIpc) is 3.27. The van der Waals surface area contributed by atoms with Crippen molar-refractivity contribution < 1.29 is 5.11 Å². The molecular formula is C22H28N4OS2. The number of rotatable bonds is 8. The Balaban J connectivity index is 1.44. The van der Waals surface area contributed by atoms with Crippen LogP contribution >= 0.6 is 22.2 Å². The molecule has 4 heterocycles. The Labute approximate surface area is 179 Å². The fourth-order valence-corrected chi connectivity index (χ4v) is 7.11.